The van der Waals surface area contributed by atoms with Gasteiger partial charge in [-0.25, -0.2) is 8.42 Å². The topological polar surface area (TPSA) is 139 Å². The minimum Gasteiger partial charge on any atom is -0.741 e. The smallest absolute Gasteiger partial charge is 0.522 e. The maximum Gasteiger partial charge on any atom is 0.522 e. The van der Waals surface area contributed by atoms with Crippen molar-refractivity contribution in [1.82, 2.24) is 0 Å². The third-order valence-corrected chi connectivity index (χ3v) is 7.34. The third-order valence-electron chi connectivity index (χ3n) is 4.23. The van der Waals surface area contributed by atoms with E-state index < -0.39 is 31.3 Å². The normalized spacial score (nSPS) is 11.8. The molecule has 0 saturated carbocycles. The Balaban J connectivity index is -0.000000110. The molecule has 1 aliphatic rings. The summed E-state index contributed by atoms with van der Waals surface area (Å²) in [7, 11) is -8.21. The van der Waals surface area contributed by atoms with E-state index in [1.165, 1.54) is 22.6 Å². The van der Waals surface area contributed by atoms with E-state index in [1.54, 1.807) is 26.0 Å². The summed E-state index contributed by atoms with van der Waals surface area (Å²) < 4.78 is 131. The van der Waals surface area contributed by atoms with Gasteiger partial charge in [0.25, 0.3) is 0 Å². The predicted molar refractivity (Wildman–Crippen MR) is 182 cm³/mol. The molecule has 0 aromatic heterocycles. The number of methoxy groups -OCH3 is 2. The van der Waals surface area contributed by atoms with Crippen LogP contribution in [0, 0.1) is 0 Å². The quantitative estimate of drug-likeness (QED) is 0.0470. The van der Waals surface area contributed by atoms with Crippen molar-refractivity contribution in [3.05, 3.63) is 48.5 Å². The fourth-order valence-electron chi connectivity index (χ4n) is 2.07. The monoisotopic (exact) mass is 975 g/mol. The fourth-order valence-corrected chi connectivity index (χ4v) is 3.16. The van der Waals surface area contributed by atoms with Crippen LogP contribution in [0.3, 0.4) is 0 Å². The van der Waals surface area contributed by atoms with Crippen LogP contribution in [0.4, 0.5) is 26.3 Å². The minimum absolute atomic E-state index is 0. The van der Waals surface area contributed by atoms with Gasteiger partial charge in [0.15, 0.2) is 15.0 Å². The molecule has 0 spiro atoms. The van der Waals surface area contributed by atoms with Crippen LogP contribution in [0.25, 0.3) is 0 Å². The number of benzene rings is 2. The molecule has 0 bridgehead atoms. The molecule has 1 aliphatic heterocycles. The molecule has 0 amide bonds. The maximum atomic E-state index is 10.7. The van der Waals surface area contributed by atoms with E-state index in [0.717, 1.165) is 24.7 Å². The molecular weight excluding hydrogens is 933 g/mol. The molecule has 1 heterocycles. The van der Waals surface area contributed by atoms with E-state index in [-0.39, 0.29) is 37.2 Å². The number of ether oxygens (including phenoxy) is 3. The van der Waals surface area contributed by atoms with Gasteiger partial charge in [-0.2, -0.15) is 34.8 Å². The molecule has 1 N–H and O–H groups in total. The number of alkyl halides is 7. The van der Waals surface area contributed by atoms with Gasteiger partial charge in [0, 0.05) is 51.4 Å². The number of halogens is 7. The molecule has 21 heteroatoms. The van der Waals surface area contributed by atoms with Crippen LogP contribution in [0.1, 0.15) is 27.7 Å². The van der Waals surface area contributed by atoms with Crippen molar-refractivity contribution in [3.8, 4) is 11.5 Å². The molecule has 2 aromatic rings. The molecule has 1 fully saturated rings. The van der Waals surface area contributed by atoms with Crippen molar-refractivity contribution in [2.75, 3.05) is 51.1 Å². The molecule has 0 atom stereocenters. The van der Waals surface area contributed by atoms with E-state index >= 15 is 0 Å². The Kier molecular flexibility index (Phi) is 38.0. The molecule has 0 unspecified atom stereocenters. The Morgan fingerprint density at radius 3 is 1.28 bits per heavy atom. The van der Waals surface area contributed by atoms with Gasteiger partial charge in [-0.05, 0) is 72.6 Å². The van der Waals surface area contributed by atoms with Crippen molar-refractivity contribution < 1.29 is 88.9 Å². The Morgan fingerprint density at radius 2 is 1.11 bits per heavy atom. The Morgan fingerprint density at radius 1 is 0.809 bits per heavy atom. The minimum atomic E-state index is -6.09. The first kappa shape index (κ1) is 58.8. The molecule has 2 aromatic carbocycles. The summed E-state index contributed by atoms with van der Waals surface area (Å²) in [6, 6.07) is 16.2. The second-order valence-corrected chi connectivity index (χ2v) is 13.3. The van der Waals surface area contributed by atoms with Crippen LogP contribution in [0.2, 0.25) is 0 Å². The van der Waals surface area contributed by atoms with Crippen LogP contribution in [0.5, 0.6) is 11.5 Å². The molecule has 1 saturated heterocycles. The van der Waals surface area contributed by atoms with Gasteiger partial charge < -0.3 is 18.8 Å². The summed E-state index contributed by atoms with van der Waals surface area (Å²) in [6.45, 7) is 2.00. The predicted octanol–water partition coefficient (Wildman–Crippen LogP) is 7.91. The number of rotatable bonds is 4. The van der Waals surface area contributed by atoms with Gasteiger partial charge in [0.1, 0.15) is 24.0 Å². The largest absolute Gasteiger partial charge is 0.741 e. The number of hydrogen-bond acceptors (Lipinski definition) is 9. The van der Waals surface area contributed by atoms with E-state index in [0.29, 0.717) is 10.9 Å². The maximum absolute atomic E-state index is 10.7. The van der Waals surface area contributed by atoms with Crippen molar-refractivity contribution >= 4 is 65.5 Å². The van der Waals surface area contributed by atoms with Gasteiger partial charge in [-0.1, -0.05) is 37.4 Å². The molecule has 3 rings (SSSR count). The second-order valence-electron chi connectivity index (χ2n) is 7.51. The standard InChI is InChI=1S/C9H13OS.C8H10OS.C4H8O.2CHF3O3S.CH3I.2CH4.Ag/c1-10-8-4-6-9(7-5-8)11(2)3;1-9-7-3-5-8(10-2)6-4-7;1-2-4-5-3-1;2*2-1(3,4)8(5,6)7;1-2;;;/h4-7H,1-3H3;3-6H,1-2H3;1-4H2;2*(H,5,6,7);1H3;2*1H4;/q+1;;;;;;;;/p-1. The van der Waals surface area contributed by atoms with Crippen molar-refractivity contribution in [2.45, 2.75) is 48.5 Å². The Bertz CT molecular complexity index is 1140. The first-order valence-corrected chi connectivity index (χ1v) is 19.8. The Labute approximate surface area is 311 Å². The van der Waals surface area contributed by atoms with Crippen LogP contribution in [-0.4, -0.2) is 88.1 Å². The molecular formula is C26H43AgF6IO9S4. The summed E-state index contributed by atoms with van der Waals surface area (Å²) in [5, 5.41) is 0. The van der Waals surface area contributed by atoms with Crippen LogP contribution >= 0.6 is 34.4 Å². The van der Waals surface area contributed by atoms with Crippen LogP contribution < -0.4 is 9.47 Å². The van der Waals surface area contributed by atoms with E-state index in [4.69, 9.17) is 40.2 Å². The zero-order chi connectivity index (χ0) is 35.2. The average molecular weight is 977 g/mol. The van der Waals surface area contributed by atoms with E-state index in [2.05, 4.69) is 53.5 Å². The molecule has 9 nitrogen and oxygen atoms in total. The SMILES string of the molecule is C.C.C1CCOC1.CI.COc1ccc(SC)cc1.COc1ccc([S+](C)C)cc1.O=S(=O)(O)C(F)(F)F.O=S(=O)([O-])C(F)(F)F.[Ag]. The van der Waals surface area contributed by atoms with Crippen LogP contribution in [0.15, 0.2) is 58.3 Å². The number of hydrogen-bond donors (Lipinski definition) is 1. The van der Waals surface area contributed by atoms with Gasteiger partial charge in [0.05, 0.1) is 14.2 Å². The summed E-state index contributed by atoms with van der Waals surface area (Å²) in [5.41, 5.74) is -11.2. The van der Waals surface area contributed by atoms with Gasteiger partial charge >= 0.3 is 21.1 Å². The number of thioether (sulfide) groups is 1. The van der Waals surface area contributed by atoms with Crippen LogP contribution in [-0.2, 0) is 58.2 Å². The van der Waals surface area contributed by atoms with Gasteiger partial charge in [-0.3, -0.25) is 4.55 Å². The summed E-state index contributed by atoms with van der Waals surface area (Å²) in [6.07, 6.45) is 9.03. The van der Waals surface area contributed by atoms with E-state index in [1.807, 2.05) is 41.3 Å². The second kappa shape index (κ2) is 30.4. The van der Waals surface area contributed by atoms with Gasteiger partial charge in [-0.15, -0.1) is 11.8 Å². The zero-order valence-corrected chi connectivity index (χ0v) is 31.6. The average Bonchev–Trinajstić information content (AvgIpc) is 3.54. The molecule has 0 aliphatic carbocycles. The molecule has 1 radical (unpaired) electrons. The first-order chi connectivity index (χ1) is 20.1. The molecule has 285 valence electrons. The van der Waals surface area contributed by atoms with E-state index in [9.17, 15) is 26.3 Å². The summed E-state index contributed by atoms with van der Waals surface area (Å²) >= 11 is 3.88. The third kappa shape index (κ3) is 31.3. The first-order valence-electron chi connectivity index (χ1n) is 11.5. The Hall–Kier alpha value is -0.430. The fraction of sp³-hybridized carbons (Fsp3) is 0.538. The van der Waals surface area contributed by atoms with Crippen molar-refractivity contribution in [3.63, 3.8) is 0 Å². The zero-order valence-electron chi connectivity index (χ0n) is 24.7. The summed E-state index contributed by atoms with van der Waals surface area (Å²) in [4.78, 5) is 4.62. The van der Waals surface area contributed by atoms with Crippen molar-refractivity contribution in [2.24, 2.45) is 0 Å². The molecule has 47 heavy (non-hydrogen) atoms. The summed E-state index contributed by atoms with van der Waals surface area (Å²) in [5.74, 6) is 1.84. The van der Waals surface area contributed by atoms with Crippen molar-refractivity contribution in [1.29, 1.82) is 0 Å². The van der Waals surface area contributed by atoms with Gasteiger partial charge in [0.2, 0.25) is 0 Å².